The average molecular weight is 484 g/mol. The second kappa shape index (κ2) is 9.91. The van der Waals surface area contributed by atoms with Gasteiger partial charge in [0.15, 0.2) is 0 Å². The summed E-state index contributed by atoms with van der Waals surface area (Å²) in [6, 6.07) is 18.8. The molecule has 3 heterocycles. The Labute approximate surface area is 211 Å². The van der Waals surface area contributed by atoms with Crippen LogP contribution >= 0.6 is 0 Å². The number of aliphatic hydroxyl groups is 1. The van der Waals surface area contributed by atoms with Crippen LogP contribution in [0.5, 0.6) is 5.75 Å². The summed E-state index contributed by atoms with van der Waals surface area (Å²) in [5.41, 5.74) is 10.5. The summed E-state index contributed by atoms with van der Waals surface area (Å²) >= 11 is 0. The first-order chi connectivity index (χ1) is 17.6. The van der Waals surface area contributed by atoms with Gasteiger partial charge >= 0.3 is 0 Å². The Morgan fingerprint density at radius 2 is 1.81 bits per heavy atom. The maximum Gasteiger partial charge on any atom is 0.146 e. The van der Waals surface area contributed by atoms with Gasteiger partial charge in [0.2, 0.25) is 0 Å². The van der Waals surface area contributed by atoms with Gasteiger partial charge in [-0.1, -0.05) is 42.5 Å². The number of nitrogens with zero attached hydrogens (tertiary/aromatic N) is 4. The van der Waals surface area contributed by atoms with Crippen molar-refractivity contribution in [3.05, 3.63) is 72.7 Å². The number of aromatic nitrogens is 3. The van der Waals surface area contributed by atoms with Crippen LogP contribution in [0.15, 0.2) is 67.1 Å². The number of hydrogen-bond acceptors (Lipinski definition) is 6. The highest BCUT2D eigenvalue weighted by Gasteiger charge is 2.34. The van der Waals surface area contributed by atoms with Crippen molar-refractivity contribution < 1.29 is 9.84 Å². The standard InChI is InChI=1S/C29H33N5O2/c30-28-27-26(22-7-4-8-25(15-22)36-18-20-5-2-1-3-6-20)17-34(29(27)32-19-31-28)23-13-21(14-23)16-33-11-9-24(35)10-12-33/h1-8,15,17,19,21,23-24,35H,9-14,16,18H2,(H2,30,31,32). The van der Waals surface area contributed by atoms with Gasteiger partial charge in [-0.3, -0.25) is 0 Å². The van der Waals surface area contributed by atoms with E-state index in [2.05, 4.69) is 49.9 Å². The van der Waals surface area contributed by atoms with Gasteiger partial charge in [-0.15, -0.1) is 0 Å². The minimum atomic E-state index is -0.118. The van der Waals surface area contributed by atoms with Crippen molar-refractivity contribution in [1.29, 1.82) is 0 Å². The van der Waals surface area contributed by atoms with Crippen LogP contribution in [-0.2, 0) is 6.61 Å². The molecular formula is C29H33N5O2. The van der Waals surface area contributed by atoms with Crippen LogP contribution in [0.1, 0.15) is 37.3 Å². The van der Waals surface area contributed by atoms with E-state index in [1.54, 1.807) is 6.33 Å². The molecule has 7 nitrogen and oxygen atoms in total. The number of ether oxygens (including phenoxy) is 1. The summed E-state index contributed by atoms with van der Waals surface area (Å²) in [7, 11) is 0. The Morgan fingerprint density at radius 1 is 1.00 bits per heavy atom. The van der Waals surface area contributed by atoms with Crippen molar-refractivity contribution >= 4 is 16.9 Å². The minimum Gasteiger partial charge on any atom is -0.489 e. The molecule has 1 saturated carbocycles. The van der Waals surface area contributed by atoms with Crippen molar-refractivity contribution in [1.82, 2.24) is 19.4 Å². The second-order valence-corrected chi connectivity index (χ2v) is 10.2. The summed E-state index contributed by atoms with van der Waals surface area (Å²) in [6.45, 7) is 3.65. The fraction of sp³-hybridized carbons (Fsp3) is 0.379. The summed E-state index contributed by atoms with van der Waals surface area (Å²) in [5, 5.41) is 10.7. The summed E-state index contributed by atoms with van der Waals surface area (Å²) in [6.07, 6.45) is 7.70. The van der Waals surface area contributed by atoms with Gasteiger partial charge in [0.1, 0.15) is 30.1 Å². The molecule has 0 spiro atoms. The summed E-state index contributed by atoms with van der Waals surface area (Å²) < 4.78 is 8.39. The van der Waals surface area contributed by atoms with Crippen LogP contribution < -0.4 is 10.5 Å². The molecule has 1 saturated heterocycles. The fourth-order valence-corrected chi connectivity index (χ4v) is 5.64. The van der Waals surface area contributed by atoms with Crippen LogP contribution in [0.4, 0.5) is 5.82 Å². The Bertz CT molecular complexity index is 1320. The second-order valence-electron chi connectivity index (χ2n) is 10.2. The molecule has 0 radical (unpaired) electrons. The molecule has 0 amide bonds. The predicted molar refractivity (Wildman–Crippen MR) is 142 cm³/mol. The summed E-state index contributed by atoms with van der Waals surface area (Å²) in [5.74, 6) is 2.01. The number of fused-ring (bicyclic) bond motifs is 1. The molecule has 1 aliphatic heterocycles. The molecule has 186 valence electrons. The zero-order valence-electron chi connectivity index (χ0n) is 20.5. The van der Waals surface area contributed by atoms with E-state index in [0.717, 1.165) is 78.8 Å². The first kappa shape index (κ1) is 23.0. The van der Waals surface area contributed by atoms with Gasteiger partial charge in [-0.2, -0.15) is 0 Å². The number of hydrogen-bond donors (Lipinski definition) is 2. The molecule has 7 heteroatoms. The largest absolute Gasteiger partial charge is 0.489 e. The van der Waals surface area contributed by atoms with Gasteiger partial charge in [-0.25, -0.2) is 9.97 Å². The lowest BCUT2D eigenvalue weighted by Gasteiger charge is -2.41. The molecule has 1 aliphatic carbocycles. The highest BCUT2D eigenvalue weighted by molar-refractivity contribution is 6.00. The van der Waals surface area contributed by atoms with Crippen molar-refractivity contribution in [2.45, 2.75) is 44.4 Å². The Morgan fingerprint density at radius 3 is 2.61 bits per heavy atom. The number of benzene rings is 2. The Balaban J connectivity index is 1.21. The summed E-state index contributed by atoms with van der Waals surface area (Å²) in [4.78, 5) is 11.5. The van der Waals surface area contributed by atoms with Gasteiger partial charge in [0.05, 0.1) is 11.5 Å². The third-order valence-electron chi connectivity index (χ3n) is 7.71. The molecular weight excluding hydrogens is 450 g/mol. The average Bonchev–Trinajstić information content (AvgIpc) is 3.27. The molecule has 2 fully saturated rings. The lowest BCUT2D eigenvalue weighted by molar-refractivity contribution is 0.0569. The molecule has 36 heavy (non-hydrogen) atoms. The molecule has 3 N–H and O–H groups in total. The number of likely N-dealkylation sites (tertiary alicyclic amines) is 1. The van der Waals surface area contributed by atoms with E-state index in [1.807, 2.05) is 30.3 Å². The zero-order valence-corrected chi connectivity index (χ0v) is 20.5. The molecule has 4 aromatic rings. The topological polar surface area (TPSA) is 89.4 Å². The van der Waals surface area contributed by atoms with Crippen molar-refractivity contribution in [3.63, 3.8) is 0 Å². The molecule has 2 aliphatic rings. The van der Waals surface area contributed by atoms with Crippen molar-refractivity contribution in [2.24, 2.45) is 5.92 Å². The van der Waals surface area contributed by atoms with Crippen LogP contribution in [0.2, 0.25) is 0 Å². The number of nitrogen functional groups attached to an aromatic ring is 1. The molecule has 0 unspecified atom stereocenters. The zero-order chi connectivity index (χ0) is 24.5. The van der Waals surface area contributed by atoms with E-state index in [9.17, 15) is 5.11 Å². The van der Waals surface area contributed by atoms with Gasteiger partial charge in [0.25, 0.3) is 0 Å². The van der Waals surface area contributed by atoms with Crippen molar-refractivity contribution in [2.75, 3.05) is 25.4 Å². The maximum atomic E-state index is 9.78. The quantitative estimate of drug-likeness (QED) is 0.397. The van der Waals surface area contributed by atoms with Crippen LogP contribution in [-0.4, -0.2) is 50.3 Å². The molecule has 2 aromatic carbocycles. The van der Waals surface area contributed by atoms with E-state index in [-0.39, 0.29) is 6.10 Å². The number of piperidine rings is 1. The lowest BCUT2D eigenvalue weighted by atomic mass is 9.79. The third kappa shape index (κ3) is 4.68. The lowest BCUT2D eigenvalue weighted by Crippen LogP contribution is -2.42. The number of rotatable bonds is 7. The van der Waals surface area contributed by atoms with E-state index in [4.69, 9.17) is 10.5 Å². The van der Waals surface area contributed by atoms with Crippen LogP contribution in [0, 0.1) is 5.92 Å². The minimum absolute atomic E-state index is 0.118. The Kier molecular flexibility index (Phi) is 6.34. The third-order valence-corrected chi connectivity index (χ3v) is 7.71. The van der Waals surface area contributed by atoms with E-state index in [0.29, 0.717) is 24.4 Å². The highest BCUT2D eigenvalue weighted by atomic mass is 16.5. The van der Waals surface area contributed by atoms with Gasteiger partial charge < -0.3 is 25.0 Å². The fourth-order valence-electron chi connectivity index (χ4n) is 5.64. The van der Waals surface area contributed by atoms with Crippen molar-refractivity contribution in [3.8, 4) is 16.9 Å². The number of aliphatic hydroxyl groups excluding tert-OH is 1. The molecule has 0 bridgehead atoms. The van der Waals surface area contributed by atoms with E-state index >= 15 is 0 Å². The van der Waals surface area contributed by atoms with Gasteiger partial charge in [-0.05, 0) is 54.9 Å². The van der Waals surface area contributed by atoms with E-state index in [1.165, 1.54) is 0 Å². The smallest absolute Gasteiger partial charge is 0.146 e. The Hall–Kier alpha value is -3.42. The predicted octanol–water partition coefficient (Wildman–Crippen LogP) is 4.67. The normalized spacial score (nSPS) is 20.9. The first-order valence-corrected chi connectivity index (χ1v) is 12.9. The monoisotopic (exact) mass is 483 g/mol. The highest BCUT2D eigenvalue weighted by Crippen LogP contribution is 2.43. The van der Waals surface area contributed by atoms with Crippen LogP contribution in [0.3, 0.4) is 0 Å². The maximum absolute atomic E-state index is 9.78. The van der Waals surface area contributed by atoms with Gasteiger partial charge in [0, 0.05) is 37.4 Å². The molecule has 6 rings (SSSR count). The SMILES string of the molecule is Nc1ncnc2c1c(-c1cccc(OCc3ccccc3)c1)cn2C1CC(CN2CCC(O)CC2)C1. The first-order valence-electron chi connectivity index (χ1n) is 12.9. The number of anilines is 1. The van der Waals surface area contributed by atoms with E-state index < -0.39 is 0 Å². The molecule has 0 atom stereocenters. The van der Waals surface area contributed by atoms with Crippen LogP contribution in [0.25, 0.3) is 22.2 Å². The molecule has 2 aromatic heterocycles. The number of nitrogens with two attached hydrogens (primary N) is 1.